The molecule has 1 heterocycles. The van der Waals surface area contributed by atoms with Gasteiger partial charge in [-0.05, 0) is 24.3 Å². The van der Waals surface area contributed by atoms with Gasteiger partial charge in [0.25, 0.3) is 0 Å². The zero-order chi connectivity index (χ0) is 7.90. The summed E-state index contributed by atoms with van der Waals surface area (Å²) in [4.78, 5) is 11.8. The second-order valence-electron chi connectivity index (χ2n) is 2.86. The molecule has 0 saturated heterocycles. The van der Waals surface area contributed by atoms with E-state index in [9.17, 15) is 4.79 Å². The van der Waals surface area contributed by atoms with Gasteiger partial charge in [-0.25, -0.2) is 0 Å². The molecule has 0 aliphatic heterocycles. The minimum absolute atomic E-state index is 0.492. The maximum Gasteiger partial charge on any atom is 0.314 e. The molecule has 0 atom stereocenters. The molecule has 0 unspecified atom stereocenters. The Morgan fingerprint density at radius 1 is 1.64 bits per heavy atom. The van der Waals surface area contributed by atoms with Gasteiger partial charge in [0, 0.05) is 4.88 Å². The lowest BCUT2D eigenvalue weighted by molar-refractivity contribution is -0.139. The van der Waals surface area contributed by atoms with Crippen LogP contribution in [-0.4, -0.2) is 11.1 Å². The largest absolute Gasteiger partial charge is 0.481 e. The molecule has 1 saturated carbocycles. The number of hydrogen-bond acceptors (Lipinski definition) is 2. The average Bonchev–Trinajstić information content (AvgIpc) is 2.61. The second-order valence-corrected chi connectivity index (χ2v) is 3.81. The summed E-state index contributed by atoms with van der Waals surface area (Å²) < 4.78 is 0. The van der Waals surface area contributed by atoms with Crippen LogP contribution in [-0.2, 0) is 10.2 Å². The van der Waals surface area contributed by atoms with Crippen molar-refractivity contribution >= 4 is 17.3 Å². The van der Waals surface area contributed by atoms with E-state index in [-0.39, 0.29) is 0 Å². The van der Waals surface area contributed by atoms with Gasteiger partial charge in [-0.15, -0.1) is 11.3 Å². The number of carboxylic acids is 1. The van der Waals surface area contributed by atoms with Crippen LogP contribution in [0, 0.1) is 0 Å². The fourth-order valence-electron chi connectivity index (χ4n) is 1.24. The van der Waals surface area contributed by atoms with Gasteiger partial charge in [-0.2, -0.15) is 0 Å². The molecule has 1 aliphatic carbocycles. The Morgan fingerprint density at radius 2 is 2.36 bits per heavy atom. The monoisotopic (exact) mass is 168 g/mol. The Balaban J connectivity index is 2.36. The highest BCUT2D eigenvalue weighted by Gasteiger charge is 2.52. The molecule has 1 N–H and O–H groups in total. The van der Waals surface area contributed by atoms with E-state index in [2.05, 4.69) is 0 Å². The maximum absolute atomic E-state index is 10.8. The molecule has 1 aliphatic rings. The molecule has 0 aromatic carbocycles. The van der Waals surface area contributed by atoms with Crippen molar-refractivity contribution in [2.45, 2.75) is 18.3 Å². The first-order valence-corrected chi connectivity index (χ1v) is 4.41. The molecule has 1 aromatic rings. The van der Waals surface area contributed by atoms with Gasteiger partial charge < -0.3 is 5.11 Å². The third-order valence-electron chi connectivity index (χ3n) is 2.15. The highest BCUT2D eigenvalue weighted by molar-refractivity contribution is 7.10. The van der Waals surface area contributed by atoms with Gasteiger partial charge in [0.1, 0.15) is 5.41 Å². The highest BCUT2D eigenvalue weighted by atomic mass is 32.1. The lowest BCUT2D eigenvalue weighted by Gasteiger charge is -2.04. The molecule has 1 fully saturated rings. The third-order valence-corrected chi connectivity index (χ3v) is 3.23. The molecule has 58 valence electrons. The molecular formula is C8H8O2S. The lowest BCUT2D eigenvalue weighted by Crippen LogP contribution is -2.17. The first-order valence-electron chi connectivity index (χ1n) is 3.53. The standard InChI is InChI=1S/C8H8O2S/c9-7(10)8(3-4-8)6-2-1-5-11-6/h1-2,5H,3-4H2,(H,9,10). The number of rotatable bonds is 2. The molecule has 1 aromatic heterocycles. The van der Waals surface area contributed by atoms with E-state index in [4.69, 9.17) is 5.11 Å². The predicted octanol–water partition coefficient (Wildman–Crippen LogP) is 1.86. The van der Waals surface area contributed by atoms with E-state index in [0.29, 0.717) is 0 Å². The van der Waals surface area contributed by atoms with Crippen molar-refractivity contribution in [2.24, 2.45) is 0 Å². The summed E-state index contributed by atoms with van der Waals surface area (Å²) in [6.07, 6.45) is 1.62. The predicted molar refractivity (Wildman–Crippen MR) is 42.9 cm³/mol. The van der Waals surface area contributed by atoms with E-state index in [1.807, 2.05) is 17.5 Å². The van der Waals surface area contributed by atoms with Crippen LogP contribution in [0.15, 0.2) is 17.5 Å². The summed E-state index contributed by atoms with van der Waals surface area (Å²) in [5, 5.41) is 10.8. The summed E-state index contributed by atoms with van der Waals surface area (Å²) in [5.41, 5.74) is -0.492. The summed E-state index contributed by atoms with van der Waals surface area (Å²) in [6, 6.07) is 3.81. The zero-order valence-electron chi connectivity index (χ0n) is 5.91. The number of carboxylic acid groups (broad SMARTS) is 1. The third kappa shape index (κ3) is 0.878. The van der Waals surface area contributed by atoms with Gasteiger partial charge in [0.15, 0.2) is 0 Å². The van der Waals surface area contributed by atoms with Crippen LogP contribution < -0.4 is 0 Å². The van der Waals surface area contributed by atoms with Crippen LogP contribution in [0.25, 0.3) is 0 Å². The minimum Gasteiger partial charge on any atom is -0.481 e. The van der Waals surface area contributed by atoms with Crippen molar-refractivity contribution in [2.75, 3.05) is 0 Å². The van der Waals surface area contributed by atoms with Crippen LogP contribution in [0.1, 0.15) is 17.7 Å². The molecule has 0 spiro atoms. The SMILES string of the molecule is O=C(O)C1(c2cccs2)CC1. The Bertz CT molecular complexity index is 272. The number of thiophene rings is 1. The van der Waals surface area contributed by atoms with Crippen molar-refractivity contribution in [1.82, 2.24) is 0 Å². The van der Waals surface area contributed by atoms with Gasteiger partial charge in [0.2, 0.25) is 0 Å². The minimum atomic E-state index is -0.667. The lowest BCUT2D eigenvalue weighted by atomic mass is 10.1. The normalized spacial score (nSPS) is 19.6. The smallest absolute Gasteiger partial charge is 0.314 e. The molecule has 2 rings (SSSR count). The van der Waals surface area contributed by atoms with E-state index >= 15 is 0 Å². The summed E-state index contributed by atoms with van der Waals surface area (Å²) in [5.74, 6) is -0.667. The first kappa shape index (κ1) is 6.85. The van der Waals surface area contributed by atoms with Crippen molar-refractivity contribution < 1.29 is 9.90 Å². The molecule has 3 heteroatoms. The van der Waals surface area contributed by atoms with Gasteiger partial charge in [-0.3, -0.25) is 4.79 Å². The number of carbonyl (C=O) groups is 1. The van der Waals surface area contributed by atoms with E-state index < -0.39 is 11.4 Å². The molecule has 11 heavy (non-hydrogen) atoms. The summed E-state index contributed by atoms with van der Waals surface area (Å²) in [6.45, 7) is 0. The van der Waals surface area contributed by atoms with Crippen LogP contribution in [0.4, 0.5) is 0 Å². The fraction of sp³-hybridized carbons (Fsp3) is 0.375. The first-order chi connectivity index (χ1) is 5.26. The van der Waals surface area contributed by atoms with Gasteiger partial charge in [0.05, 0.1) is 0 Å². The average molecular weight is 168 g/mol. The molecule has 2 nitrogen and oxygen atoms in total. The van der Waals surface area contributed by atoms with Gasteiger partial charge >= 0.3 is 5.97 Å². The van der Waals surface area contributed by atoms with Crippen molar-refractivity contribution in [1.29, 1.82) is 0 Å². The van der Waals surface area contributed by atoms with Crippen molar-refractivity contribution in [3.63, 3.8) is 0 Å². The fourth-order valence-corrected chi connectivity index (χ4v) is 2.22. The molecule has 0 amide bonds. The van der Waals surface area contributed by atoms with Gasteiger partial charge in [-0.1, -0.05) is 6.07 Å². The summed E-state index contributed by atoms with van der Waals surface area (Å²) >= 11 is 1.54. The van der Waals surface area contributed by atoms with E-state index in [0.717, 1.165) is 17.7 Å². The quantitative estimate of drug-likeness (QED) is 0.731. The number of aliphatic carboxylic acids is 1. The Morgan fingerprint density at radius 3 is 2.73 bits per heavy atom. The van der Waals surface area contributed by atoms with E-state index in [1.54, 1.807) is 0 Å². The Hall–Kier alpha value is -0.830. The zero-order valence-corrected chi connectivity index (χ0v) is 6.73. The van der Waals surface area contributed by atoms with Crippen LogP contribution in [0.2, 0.25) is 0 Å². The van der Waals surface area contributed by atoms with Crippen LogP contribution in [0.3, 0.4) is 0 Å². The second kappa shape index (κ2) is 2.08. The van der Waals surface area contributed by atoms with Crippen molar-refractivity contribution in [3.8, 4) is 0 Å². The van der Waals surface area contributed by atoms with Crippen LogP contribution >= 0.6 is 11.3 Å². The highest BCUT2D eigenvalue weighted by Crippen LogP contribution is 2.49. The Kier molecular flexibility index (Phi) is 1.29. The topological polar surface area (TPSA) is 37.3 Å². The molecule has 0 radical (unpaired) electrons. The Labute approximate surface area is 68.5 Å². The number of hydrogen-bond donors (Lipinski definition) is 1. The molecular weight excluding hydrogens is 160 g/mol. The van der Waals surface area contributed by atoms with E-state index in [1.165, 1.54) is 11.3 Å². The van der Waals surface area contributed by atoms with Crippen LogP contribution in [0.5, 0.6) is 0 Å². The summed E-state index contributed by atoms with van der Waals surface area (Å²) in [7, 11) is 0. The van der Waals surface area contributed by atoms with Crippen molar-refractivity contribution in [3.05, 3.63) is 22.4 Å². The maximum atomic E-state index is 10.8. The molecule has 0 bridgehead atoms.